The van der Waals surface area contributed by atoms with E-state index in [1.807, 2.05) is 0 Å². The number of hydrogen-bond donors (Lipinski definition) is 2. The summed E-state index contributed by atoms with van der Waals surface area (Å²) in [7, 11) is 0. The van der Waals surface area contributed by atoms with Crippen LogP contribution >= 0.6 is 23.2 Å². The summed E-state index contributed by atoms with van der Waals surface area (Å²) in [4.78, 5) is 22.7. The molecule has 1 saturated heterocycles. The first-order chi connectivity index (χ1) is 9.40. The molecule has 1 aromatic carbocycles. The molecule has 1 aromatic rings. The molecule has 2 atom stereocenters. The van der Waals surface area contributed by atoms with Gasteiger partial charge in [-0.2, -0.15) is 0 Å². The number of imide groups is 1. The number of carbonyl (C=O) groups is 2. The molecule has 2 unspecified atom stereocenters. The lowest BCUT2D eigenvalue weighted by atomic mass is 10.0. The van der Waals surface area contributed by atoms with Gasteiger partial charge in [-0.3, -0.25) is 20.2 Å². The Morgan fingerprint density at radius 1 is 1.40 bits per heavy atom. The lowest BCUT2D eigenvalue weighted by molar-refractivity contribution is -0.134. The first-order valence-electron chi connectivity index (χ1n) is 6.13. The van der Waals surface area contributed by atoms with Crippen LogP contribution in [0.4, 0.5) is 4.39 Å². The smallest absolute Gasteiger partial charge is 0.243 e. The maximum atomic E-state index is 13.5. The van der Waals surface area contributed by atoms with Gasteiger partial charge in [0.15, 0.2) is 0 Å². The fraction of sp³-hybridized carbons (Fsp3) is 0.385. The number of carbonyl (C=O) groups excluding carboxylic acids is 2. The van der Waals surface area contributed by atoms with Gasteiger partial charge in [-0.25, -0.2) is 4.39 Å². The second kappa shape index (κ2) is 6.08. The van der Waals surface area contributed by atoms with Gasteiger partial charge in [0.1, 0.15) is 5.82 Å². The van der Waals surface area contributed by atoms with Gasteiger partial charge in [0, 0.05) is 23.0 Å². The Morgan fingerprint density at radius 3 is 2.75 bits per heavy atom. The Balaban J connectivity index is 2.16. The highest BCUT2D eigenvalue weighted by atomic mass is 35.5. The van der Waals surface area contributed by atoms with E-state index >= 15 is 0 Å². The Bertz CT molecular complexity index is 566. The van der Waals surface area contributed by atoms with Crippen LogP contribution in [0.1, 0.15) is 31.4 Å². The van der Waals surface area contributed by atoms with Crippen LogP contribution in [0, 0.1) is 5.82 Å². The highest BCUT2D eigenvalue weighted by Gasteiger charge is 2.29. The number of hydrogen-bond acceptors (Lipinski definition) is 3. The lowest BCUT2D eigenvalue weighted by Crippen LogP contribution is -2.51. The van der Waals surface area contributed by atoms with E-state index in [-0.39, 0.29) is 17.4 Å². The van der Waals surface area contributed by atoms with Crippen molar-refractivity contribution in [2.45, 2.75) is 31.8 Å². The fourth-order valence-electron chi connectivity index (χ4n) is 2.18. The summed E-state index contributed by atoms with van der Waals surface area (Å²) in [5.41, 5.74) is 0.401. The van der Waals surface area contributed by atoms with Crippen molar-refractivity contribution in [1.29, 1.82) is 0 Å². The number of halogens is 3. The zero-order valence-electron chi connectivity index (χ0n) is 10.7. The summed E-state index contributed by atoms with van der Waals surface area (Å²) in [5, 5.41) is 5.52. The van der Waals surface area contributed by atoms with Gasteiger partial charge >= 0.3 is 0 Å². The van der Waals surface area contributed by atoms with Crippen molar-refractivity contribution >= 4 is 35.0 Å². The van der Waals surface area contributed by atoms with Crippen LogP contribution in [0.5, 0.6) is 0 Å². The molecule has 2 amide bonds. The minimum Gasteiger partial charge on any atom is -0.299 e. The molecule has 1 aliphatic rings. The molecule has 1 aliphatic heterocycles. The van der Waals surface area contributed by atoms with Crippen LogP contribution < -0.4 is 10.6 Å². The van der Waals surface area contributed by atoms with Gasteiger partial charge in [-0.05, 0) is 25.5 Å². The molecule has 0 saturated carbocycles. The van der Waals surface area contributed by atoms with Crippen molar-refractivity contribution in [1.82, 2.24) is 10.6 Å². The van der Waals surface area contributed by atoms with Crippen molar-refractivity contribution in [3.05, 3.63) is 33.6 Å². The minimum atomic E-state index is -0.567. The van der Waals surface area contributed by atoms with Gasteiger partial charge in [-0.1, -0.05) is 23.2 Å². The standard InChI is InChI=1S/C13H13Cl2FN2O2/c1-6(11-7(14)2-3-8(16)12(11)15)17-9-4-5-10(19)18-13(9)20/h2-3,6,9,17H,4-5H2,1H3,(H,18,19,20). The van der Waals surface area contributed by atoms with Crippen molar-refractivity contribution in [3.63, 3.8) is 0 Å². The van der Waals surface area contributed by atoms with Crippen molar-refractivity contribution in [2.24, 2.45) is 0 Å². The van der Waals surface area contributed by atoms with Gasteiger partial charge in [0.2, 0.25) is 11.8 Å². The van der Waals surface area contributed by atoms with E-state index in [1.54, 1.807) is 6.92 Å². The molecular formula is C13H13Cl2FN2O2. The van der Waals surface area contributed by atoms with E-state index < -0.39 is 23.8 Å². The second-order valence-corrected chi connectivity index (χ2v) is 5.43. The summed E-state index contributed by atoms with van der Waals surface area (Å²) in [5.74, 6) is -1.25. The van der Waals surface area contributed by atoms with E-state index in [2.05, 4.69) is 10.6 Å². The lowest BCUT2D eigenvalue weighted by Gasteiger charge is -2.26. The quantitative estimate of drug-likeness (QED) is 0.665. The van der Waals surface area contributed by atoms with Gasteiger partial charge in [0.25, 0.3) is 0 Å². The van der Waals surface area contributed by atoms with Crippen LogP contribution in [0.25, 0.3) is 0 Å². The van der Waals surface area contributed by atoms with Crippen LogP contribution in [0.3, 0.4) is 0 Å². The van der Waals surface area contributed by atoms with E-state index in [4.69, 9.17) is 23.2 Å². The molecule has 1 fully saturated rings. The number of rotatable bonds is 3. The zero-order chi connectivity index (χ0) is 14.9. The zero-order valence-corrected chi connectivity index (χ0v) is 12.2. The molecular weight excluding hydrogens is 306 g/mol. The normalized spacial score (nSPS) is 20.7. The average Bonchev–Trinajstić information content (AvgIpc) is 2.38. The summed E-state index contributed by atoms with van der Waals surface area (Å²) in [6.07, 6.45) is 0.653. The first kappa shape index (κ1) is 15.2. The summed E-state index contributed by atoms with van der Waals surface area (Å²) in [6, 6.07) is 1.65. The third kappa shape index (κ3) is 3.11. The maximum absolute atomic E-state index is 13.5. The summed E-state index contributed by atoms with van der Waals surface area (Å²) < 4.78 is 13.5. The SMILES string of the molecule is CC(NC1CCC(=O)NC1=O)c1c(Cl)ccc(F)c1Cl. The van der Waals surface area contributed by atoms with Gasteiger partial charge in [-0.15, -0.1) is 0 Å². The molecule has 4 nitrogen and oxygen atoms in total. The average molecular weight is 319 g/mol. The third-order valence-electron chi connectivity index (χ3n) is 3.20. The minimum absolute atomic E-state index is 0.0650. The molecule has 20 heavy (non-hydrogen) atoms. The van der Waals surface area contributed by atoms with E-state index in [9.17, 15) is 14.0 Å². The molecule has 0 aliphatic carbocycles. The highest BCUT2D eigenvalue weighted by molar-refractivity contribution is 6.36. The molecule has 2 rings (SSSR count). The molecule has 0 aromatic heterocycles. The van der Waals surface area contributed by atoms with Crippen molar-refractivity contribution in [3.8, 4) is 0 Å². The molecule has 2 N–H and O–H groups in total. The maximum Gasteiger partial charge on any atom is 0.243 e. The monoisotopic (exact) mass is 318 g/mol. The number of benzene rings is 1. The first-order valence-corrected chi connectivity index (χ1v) is 6.89. The Morgan fingerprint density at radius 2 is 2.10 bits per heavy atom. The van der Waals surface area contributed by atoms with Crippen LogP contribution in [0.2, 0.25) is 10.0 Å². The predicted molar refractivity (Wildman–Crippen MR) is 74.1 cm³/mol. The van der Waals surface area contributed by atoms with E-state index in [1.165, 1.54) is 12.1 Å². The molecule has 0 radical (unpaired) electrons. The largest absolute Gasteiger partial charge is 0.299 e. The molecule has 1 heterocycles. The van der Waals surface area contributed by atoms with Crippen molar-refractivity contribution < 1.29 is 14.0 Å². The predicted octanol–water partition coefficient (Wildman–Crippen LogP) is 2.59. The molecule has 108 valence electrons. The summed E-state index contributed by atoms with van der Waals surface area (Å²) >= 11 is 11.9. The molecule has 7 heteroatoms. The molecule has 0 spiro atoms. The summed E-state index contributed by atoms with van der Waals surface area (Å²) in [6.45, 7) is 1.73. The topological polar surface area (TPSA) is 58.2 Å². The van der Waals surface area contributed by atoms with Gasteiger partial charge in [0.05, 0.1) is 11.1 Å². The van der Waals surface area contributed by atoms with Gasteiger partial charge < -0.3 is 0 Å². The van der Waals surface area contributed by atoms with Crippen molar-refractivity contribution in [2.75, 3.05) is 0 Å². The Kier molecular flexibility index (Phi) is 4.62. The second-order valence-electron chi connectivity index (χ2n) is 4.65. The van der Waals surface area contributed by atoms with Crippen LogP contribution in [0.15, 0.2) is 12.1 Å². The Labute approximate surface area is 125 Å². The third-order valence-corrected chi connectivity index (χ3v) is 3.92. The molecule has 0 bridgehead atoms. The van der Waals surface area contributed by atoms with Crippen LogP contribution in [-0.4, -0.2) is 17.9 Å². The van der Waals surface area contributed by atoms with Crippen LogP contribution in [-0.2, 0) is 9.59 Å². The Hall–Kier alpha value is -1.17. The fourth-order valence-corrected chi connectivity index (χ4v) is 2.88. The highest BCUT2D eigenvalue weighted by Crippen LogP contribution is 2.32. The van der Waals surface area contributed by atoms with E-state index in [0.29, 0.717) is 17.0 Å². The number of nitrogens with one attached hydrogen (secondary N) is 2. The number of amides is 2. The van der Waals surface area contributed by atoms with E-state index in [0.717, 1.165) is 0 Å². The number of piperidine rings is 1.